The van der Waals surface area contributed by atoms with Crippen LogP contribution >= 0.6 is 11.6 Å². The highest BCUT2D eigenvalue weighted by Crippen LogP contribution is 2.34. The summed E-state index contributed by atoms with van der Waals surface area (Å²) in [5.74, 6) is 1.73. The van der Waals surface area contributed by atoms with Crippen molar-refractivity contribution in [2.24, 2.45) is 10.9 Å². The molecule has 0 bridgehead atoms. The first-order chi connectivity index (χ1) is 15.1. The third kappa shape index (κ3) is 4.06. The Hall–Kier alpha value is -2.80. The molecule has 1 saturated heterocycles. The van der Waals surface area contributed by atoms with Crippen LogP contribution in [0.2, 0.25) is 5.02 Å². The Labute approximate surface area is 187 Å². The van der Waals surface area contributed by atoms with Gasteiger partial charge in [-0.25, -0.2) is 9.98 Å². The van der Waals surface area contributed by atoms with Crippen LogP contribution in [-0.2, 0) is 0 Å². The SMILES string of the molecule is Cc1cc(=O)n2c(n1)NC(N1CCN(c3cccc(Cl)c3)CC1)=N[C@H]2[C@@H]1CC=CCC1. The molecule has 8 heteroatoms. The Morgan fingerprint density at radius 1 is 1.10 bits per heavy atom. The quantitative estimate of drug-likeness (QED) is 0.725. The minimum absolute atomic E-state index is 0.0388. The van der Waals surface area contributed by atoms with Gasteiger partial charge in [-0.15, -0.1) is 0 Å². The number of nitrogens with one attached hydrogen (secondary N) is 1. The predicted molar refractivity (Wildman–Crippen MR) is 125 cm³/mol. The first-order valence-corrected chi connectivity index (χ1v) is 11.3. The highest BCUT2D eigenvalue weighted by atomic mass is 35.5. The summed E-state index contributed by atoms with van der Waals surface area (Å²) in [6.45, 7) is 5.30. The van der Waals surface area contributed by atoms with Crippen molar-refractivity contribution >= 4 is 29.2 Å². The number of aromatic nitrogens is 2. The topological polar surface area (TPSA) is 65.8 Å². The summed E-state index contributed by atoms with van der Waals surface area (Å²) >= 11 is 6.17. The third-order valence-electron chi connectivity index (χ3n) is 6.31. The molecule has 0 amide bonds. The maximum absolute atomic E-state index is 12.8. The number of fused-ring (bicyclic) bond motifs is 1. The molecule has 0 saturated carbocycles. The average molecular weight is 439 g/mol. The number of allylic oxidation sites excluding steroid dienone is 2. The van der Waals surface area contributed by atoms with Crippen LogP contribution in [0.15, 0.2) is 52.3 Å². The normalized spacial score (nSPS) is 23.2. The van der Waals surface area contributed by atoms with E-state index in [0.29, 0.717) is 11.9 Å². The average Bonchev–Trinajstić information content (AvgIpc) is 2.79. The van der Waals surface area contributed by atoms with Crippen molar-refractivity contribution in [2.75, 3.05) is 36.4 Å². The molecule has 1 aromatic carbocycles. The lowest BCUT2D eigenvalue weighted by Crippen LogP contribution is -2.52. The van der Waals surface area contributed by atoms with Crippen LogP contribution in [0, 0.1) is 12.8 Å². The van der Waals surface area contributed by atoms with Crippen LogP contribution < -0.4 is 15.8 Å². The molecule has 5 rings (SSSR count). The van der Waals surface area contributed by atoms with Crippen LogP contribution in [0.5, 0.6) is 0 Å². The Bertz CT molecular complexity index is 1090. The zero-order valence-corrected chi connectivity index (χ0v) is 18.4. The molecule has 1 aromatic heterocycles. The Kier molecular flexibility index (Phi) is 5.44. The molecule has 0 radical (unpaired) electrons. The number of aryl methyl sites for hydroxylation is 1. The van der Waals surface area contributed by atoms with Crippen LogP contribution in [0.3, 0.4) is 0 Å². The largest absolute Gasteiger partial charge is 0.368 e. The van der Waals surface area contributed by atoms with E-state index in [1.54, 1.807) is 10.6 Å². The van der Waals surface area contributed by atoms with E-state index in [1.165, 1.54) is 0 Å². The van der Waals surface area contributed by atoms with E-state index in [-0.39, 0.29) is 11.7 Å². The molecular weight excluding hydrogens is 412 g/mol. The molecule has 0 spiro atoms. The highest BCUT2D eigenvalue weighted by molar-refractivity contribution is 6.30. The van der Waals surface area contributed by atoms with E-state index >= 15 is 0 Å². The van der Waals surface area contributed by atoms with E-state index in [0.717, 1.165) is 67.8 Å². The monoisotopic (exact) mass is 438 g/mol. The fourth-order valence-corrected chi connectivity index (χ4v) is 4.86. The number of guanidine groups is 1. The fourth-order valence-electron chi connectivity index (χ4n) is 4.68. The van der Waals surface area contributed by atoms with Crippen LogP contribution in [0.4, 0.5) is 11.6 Å². The number of benzene rings is 1. The van der Waals surface area contributed by atoms with Crippen molar-refractivity contribution in [3.63, 3.8) is 0 Å². The third-order valence-corrected chi connectivity index (χ3v) is 6.54. The molecule has 2 aromatic rings. The number of halogens is 1. The molecule has 2 atom stereocenters. The molecule has 7 nitrogen and oxygen atoms in total. The van der Waals surface area contributed by atoms with Crippen molar-refractivity contribution in [1.82, 2.24) is 14.5 Å². The van der Waals surface area contributed by atoms with Crippen LogP contribution in [0.25, 0.3) is 0 Å². The highest BCUT2D eigenvalue weighted by Gasteiger charge is 2.32. The van der Waals surface area contributed by atoms with E-state index in [4.69, 9.17) is 16.6 Å². The second-order valence-electron chi connectivity index (χ2n) is 8.42. The minimum Gasteiger partial charge on any atom is -0.368 e. The summed E-state index contributed by atoms with van der Waals surface area (Å²) in [4.78, 5) is 27.1. The van der Waals surface area contributed by atoms with Gasteiger partial charge >= 0.3 is 0 Å². The smallest absolute Gasteiger partial charge is 0.256 e. The van der Waals surface area contributed by atoms with Gasteiger partial charge in [0.15, 0.2) is 0 Å². The number of rotatable bonds is 2. The van der Waals surface area contributed by atoms with Crippen molar-refractivity contribution in [3.8, 4) is 0 Å². The molecular formula is C23H27ClN6O. The fraction of sp³-hybridized carbons (Fsp3) is 0.435. The van der Waals surface area contributed by atoms with Crippen molar-refractivity contribution < 1.29 is 0 Å². The first kappa shape index (κ1) is 20.1. The van der Waals surface area contributed by atoms with Gasteiger partial charge in [0.2, 0.25) is 11.9 Å². The zero-order valence-electron chi connectivity index (χ0n) is 17.7. The Morgan fingerprint density at radius 3 is 2.65 bits per heavy atom. The molecule has 31 heavy (non-hydrogen) atoms. The Balaban J connectivity index is 1.39. The van der Waals surface area contributed by atoms with Gasteiger partial charge in [-0.1, -0.05) is 29.8 Å². The number of hydrogen-bond donors (Lipinski definition) is 1. The molecule has 3 heterocycles. The van der Waals surface area contributed by atoms with E-state index in [1.807, 2.05) is 25.1 Å². The van der Waals surface area contributed by atoms with Crippen molar-refractivity contribution in [2.45, 2.75) is 32.4 Å². The molecule has 0 unspecified atom stereocenters. The van der Waals surface area contributed by atoms with Crippen LogP contribution in [0.1, 0.15) is 31.1 Å². The summed E-state index contributed by atoms with van der Waals surface area (Å²) in [6, 6.07) is 9.59. The number of anilines is 2. The van der Waals surface area contributed by atoms with Gasteiger partial charge in [0, 0.05) is 54.6 Å². The molecule has 1 aliphatic carbocycles. The summed E-state index contributed by atoms with van der Waals surface area (Å²) < 4.78 is 1.74. The van der Waals surface area contributed by atoms with E-state index in [9.17, 15) is 4.79 Å². The lowest BCUT2D eigenvalue weighted by Gasteiger charge is -2.40. The van der Waals surface area contributed by atoms with E-state index < -0.39 is 0 Å². The van der Waals surface area contributed by atoms with Gasteiger partial charge in [0.05, 0.1) is 0 Å². The van der Waals surface area contributed by atoms with Crippen LogP contribution in [-0.4, -0.2) is 46.6 Å². The van der Waals surface area contributed by atoms with Crippen molar-refractivity contribution in [1.29, 1.82) is 0 Å². The number of hydrogen-bond acceptors (Lipinski definition) is 6. The molecule has 2 aliphatic heterocycles. The standard InChI is InChI=1S/C23H27ClN6O/c1-16-14-20(31)30-21(17-6-3-2-4-7-17)26-22(27-23(30)25-16)29-12-10-28(11-13-29)19-9-5-8-18(24)15-19/h2-3,5,8-9,14-15,17,21H,4,6-7,10-13H2,1H3,(H,25,26,27)/t17-,21-/m1/s1. The second kappa shape index (κ2) is 8.38. The summed E-state index contributed by atoms with van der Waals surface area (Å²) in [6.07, 6.45) is 7.20. The summed E-state index contributed by atoms with van der Waals surface area (Å²) in [5.41, 5.74) is 1.83. The van der Waals surface area contributed by atoms with Gasteiger partial charge in [-0.05, 0) is 44.4 Å². The summed E-state index contributed by atoms with van der Waals surface area (Å²) in [7, 11) is 0. The zero-order chi connectivity index (χ0) is 21.4. The minimum atomic E-state index is -0.220. The molecule has 1 fully saturated rings. The van der Waals surface area contributed by atoms with E-state index in [2.05, 4.69) is 38.3 Å². The number of aliphatic imine (C=N–C) groups is 1. The molecule has 1 N–H and O–H groups in total. The van der Waals surface area contributed by atoms with Gasteiger partial charge in [0.25, 0.3) is 5.56 Å². The lowest BCUT2D eigenvalue weighted by atomic mass is 9.91. The van der Waals surface area contributed by atoms with Gasteiger partial charge < -0.3 is 9.80 Å². The second-order valence-corrected chi connectivity index (χ2v) is 8.86. The molecule has 3 aliphatic rings. The van der Waals surface area contributed by atoms with Gasteiger partial charge in [0.1, 0.15) is 6.17 Å². The maximum Gasteiger partial charge on any atom is 0.256 e. The van der Waals surface area contributed by atoms with Gasteiger partial charge in [-0.2, -0.15) is 0 Å². The lowest BCUT2D eigenvalue weighted by molar-refractivity contribution is 0.296. The van der Waals surface area contributed by atoms with Crippen molar-refractivity contribution in [3.05, 3.63) is 63.6 Å². The first-order valence-electron chi connectivity index (χ1n) is 10.9. The Morgan fingerprint density at radius 2 is 1.90 bits per heavy atom. The number of piperazine rings is 1. The summed E-state index contributed by atoms with van der Waals surface area (Å²) in [5, 5.41) is 4.11. The number of nitrogens with zero attached hydrogens (tertiary/aromatic N) is 5. The van der Waals surface area contributed by atoms with Gasteiger partial charge in [-0.3, -0.25) is 14.7 Å². The molecule has 162 valence electrons. The predicted octanol–water partition coefficient (Wildman–Crippen LogP) is 3.66. The maximum atomic E-state index is 12.8.